The molecule has 4 heteroatoms. The lowest BCUT2D eigenvalue weighted by atomic mass is 10.2. The van der Waals surface area contributed by atoms with Gasteiger partial charge in [-0.2, -0.15) is 0 Å². The van der Waals surface area contributed by atoms with Crippen LogP contribution in [0.25, 0.3) is 0 Å². The van der Waals surface area contributed by atoms with Crippen LogP contribution in [0.5, 0.6) is 5.75 Å². The van der Waals surface area contributed by atoms with Crippen molar-refractivity contribution in [1.29, 1.82) is 0 Å². The van der Waals surface area contributed by atoms with Crippen molar-refractivity contribution < 1.29 is 9.09 Å². The van der Waals surface area contributed by atoms with Crippen molar-refractivity contribution in [2.24, 2.45) is 0 Å². The third-order valence-electron chi connectivity index (χ3n) is 2.86. The van der Waals surface area contributed by atoms with E-state index >= 15 is 0 Å². The smallest absolute Gasteiger partial charge is 0.316 e. The molecule has 1 aromatic rings. The van der Waals surface area contributed by atoms with Crippen LogP contribution in [0.4, 0.5) is 0 Å². The molecular weight excluding hydrogens is 221 g/mol. The van der Waals surface area contributed by atoms with Crippen molar-refractivity contribution in [3.63, 3.8) is 0 Å². The number of nitrogens with zero attached hydrogens (tertiary/aromatic N) is 1. The summed E-state index contributed by atoms with van der Waals surface area (Å²) < 4.78 is 20.1. The predicted molar refractivity (Wildman–Crippen MR) is 66.0 cm³/mol. The molecular formula is C12H18NO2P. The molecule has 0 aliphatic carbocycles. The highest BCUT2D eigenvalue weighted by Crippen LogP contribution is 2.48. The van der Waals surface area contributed by atoms with Crippen molar-refractivity contribution in [1.82, 2.24) is 4.67 Å². The summed E-state index contributed by atoms with van der Waals surface area (Å²) in [5.41, 5.74) is 0. The second-order valence-corrected chi connectivity index (χ2v) is 6.58. The quantitative estimate of drug-likeness (QED) is 0.757. The molecule has 1 heterocycles. The SMILES string of the molecule is C[P@@](=O)(Oc1ccccc1)N1CCCCC1. The average molecular weight is 239 g/mol. The summed E-state index contributed by atoms with van der Waals surface area (Å²) in [5, 5.41) is 0. The third kappa shape index (κ3) is 2.87. The fraction of sp³-hybridized carbons (Fsp3) is 0.500. The Bertz CT molecular complexity index is 374. The van der Waals surface area contributed by atoms with Crippen LogP contribution < -0.4 is 4.52 Å². The van der Waals surface area contributed by atoms with E-state index in [1.165, 1.54) is 6.42 Å². The van der Waals surface area contributed by atoms with E-state index in [4.69, 9.17) is 4.52 Å². The lowest BCUT2D eigenvalue weighted by Gasteiger charge is -2.31. The molecule has 0 amide bonds. The van der Waals surface area contributed by atoms with E-state index in [1.807, 2.05) is 35.0 Å². The third-order valence-corrected chi connectivity index (χ3v) is 4.84. The Morgan fingerprint density at radius 2 is 1.75 bits per heavy atom. The molecule has 1 aliphatic rings. The van der Waals surface area contributed by atoms with Crippen LogP contribution in [-0.2, 0) is 4.57 Å². The number of rotatable bonds is 3. The molecule has 1 atom stereocenters. The highest BCUT2D eigenvalue weighted by Gasteiger charge is 2.28. The first-order valence-corrected chi connectivity index (χ1v) is 7.78. The summed E-state index contributed by atoms with van der Waals surface area (Å²) in [6.07, 6.45) is 3.48. The fourth-order valence-electron chi connectivity index (χ4n) is 1.98. The van der Waals surface area contributed by atoms with Crippen LogP contribution >= 0.6 is 7.52 Å². The molecule has 0 spiro atoms. The van der Waals surface area contributed by atoms with Gasteiger partial charge in [-0.1, -0.05) is 24.6 Å². The van der Waals surface area contributed by atoms with Crippen LogP contribution in [0.15, 0.2) is 30.3 Å². The van der Waals surface area contributed by atoms with E-state index in [1.54, 1.807) is 6.66 Å². The van der Waals surface area contributed by atoms with Crippen LogP contribution in [0.1, 0.15) is 19.3 Å². The largest absolute Gasteiger partial charge is 0.433 e. The van der Waals surface area contributed by atoms with Gasteiger partial charge in [-0.25, -0.2) is 4.67 Å². The van der Waals surface area contributed by atoms with E-state index < -0.39 is 7.52 Å². The molecule has 1 fully saturated rings. The standard InChI is InChI=1S/C12H18NO2P/c1-16(14,13-10-6-3-7-11-13)15-12-8-4-2-5-9-12/h2,4-5,8-9H,3,6-7,10-11H2,1H3/t16-/m1/s1. The average Bonchev–Trinajstić information content (AvgIpc) is 2.31. The number of hydrogen-bond acceptors (Lipinski definition) is 2. The molecule has 1 saturated heterocycles. The summed E-state index contributed by atoms with van der Waals surface area (Å²) in [4.78, 5) is 0. The highest BCUT2D eigenvalue weighted by molar-refractivity contribution is 7.56. The molecule has 1 aromatic carbocycles. The van der Waals surface area contributed by atoms with Gasteiger partial charge in [-0.15, -0.1) is 0 Å². The van der Waals surface area contributed by atoms with Gasteiger partial charge in [0.2, 0.25) is 0 Å². The minimum atomic E-state index is -2.66. The van der Waals surface area contributed by atoms with Crippen LogP contribution in [-0.4, -0.2) is 24.4 Å². The molecule has 0 aromatic heterocycles. The maximum absolute atomic E-state index is 12.4. The lowest BCUT2D eigenvalue weighted by Crippen LogP contribution is -2.28. The van der Waals surface area contributed by atoms with Gasteiger partial charge in [0.1, 0.15) is 5.75 Å². The summed E-state index contributed by atoms with van der Waals surface area (Å²) in [5.74, 6) is 0.693. The zero-order chi connectivity index (χ0) is 11.4. The van der Waals surface area contributed by atoms with Gasteiger partial charge in [0.25, 0.3) is 0 Å². The molecule has 1 aliphatic heterocycles. The number of benzene rings is 1. The van der Waals surface area contributed by atoms with E-state index in [0.29, 0.717) is 5.75 Å². The predicted octanol–water partition coefficient (Wildman–Crippen LogP) is 3.37. The molecule has 0 bridgehead atoms. The molecule has 0 unspecified atom stereocenters. The van der Waals surface area contributed by atoms with Gasteiger partial charge in [-0.05, 0) is 25.0 Å². The second-order valence-electron chi connectivity index (χ2n) is 4.22. The number of hydrogen-bond donors (Lipinski definition) is 0. The van der Waals surface area contributed by atoms with Gasteiger partial charge in [-0.3, -0.25) is 4.57 Å². The Balaban J connectivity index is 2.04. The van der Waals surface area contributed by atoms with Crippen LogP contribution in [0.3, 0.4) is 0 Å². The van der Waals surface area contributed by atoms with Crippen molar-refractivity contribution >= 4 is 7.52 Å². The monoisotopic (exact) mass is 239 g/mol. The Labute approximate surface area is 96.9 Å². The fourth-order valence-corrected chi connectivity index (χ4v) is 3.61. The van der Waals surface area contributed by atoms with Gasteiger partial charge < -0.3 is 4.52 Å². The summed E-state index contributed by atoms with van der Waals surface area (Å²) in [6, 6.07) is 9.41. The van der Waals surface area contributed by atoms with Crippen LogP contribution in [0.2, 0.25) is 0 Å². The Morgan fingerprint density at radius 1 is 1.12 bits per heavy atom. The van der Waals surface area contributed by atoms with Crippen LogP contribution in [0, 0.1) is 0 Å². The Morgan fingerprint density at radius 3 is 2.38 bits per heavy atom. The minimum absolute atomic E-state index is 0.693. The molecule has 0 radical (unpaired) electrons. The van der Waals surface area contributed by atoms with E-state index in [9.17, 15) is 4.57 Å². The molecule has 0 saturated carbocycles. The first-order chi connectivity index (χ1) is 7.68. The van der Waals surface area contributed by atoms with Gasteiger partial charge >= 0.3 is 7.52 Å². The molecule has 88 valence electrons. The zero-order valence-electron chi connectivity index (χ0n) is 9.63. The lowest BCUT2D eigenvalue weighted by molar-refractivity contribution is 0.310. The Hall–Kier alpha value is -0.790. The van der Waals surface area contributed by atoms with E-state index in [2.05, 4.69) is 0 Å². The summed E-state index contributed by atoms with van der Waals surface area (Å²) in [7, 11) is -2.66. The van der Waals surface area contributed by atoms with Crippen molar-refractivity contribution in [2.45, 2.75) is 19.3 Å². The summed E-state index contributed by atoms with van der Waals surface area (Å²) in [6.45, 7) is 3.49. The van der Waals surface area contributed by atoms with Gasteiger partial charge in [0.15, 0.2) is 0 Å². The van der Waals surface area contributed by atoms with Gasteiger partial charge in [0.05, 0.1) is 0 Å². The second kappa shape index (κ2) is 5.03. The number of para-hydroxylation sites is 1. The summed E-state index contributed by atoms with van der Waals surface area (Å²) >= 11 is 0. The van der Waals surface area contributed by atoms with Gasteiger partial charge in [0, 0.05) is 19.8 Å². The maximum Gasteiger partial charge on any atom is 0.316 e. The molecule has 2 rings (SSSR count). The first-order valence-electron chi connectivity index (χ1n) is 5.76. The number of piperidine rings is 1. The minimum Gasteiger partial charge on any atom is -0.433 e. The Kier molecular flexibility index (Phi) is 3.67. The van der Waals surface area contributed by atoms with E-state index in [-0.39, 0.29) is 0 Å². The van der Waals surface area contributed by atoms with E-state index in [0.717, 1.165) is 25.9 Å². The topological polar surface area (TPSA) is 29.5 Å². The molecule has 0 N–H and O–H groups in total. The normalized spacial score (nSPS) is 21.3. The first kappa shape index (κ1) is 11.7. The zero-order valence-corrected chi connectivity index (χ0v) is 10.5. The highest BCUT2D eigenvalue weighted by atomic mass is 31.2. The van der Waals surface area contributed by atoms with Crippen molar-refractivity contribution in [2.75, 3.05) is 19.8 Å². The molecule has 16 heavy (non-hydrogen) atoms. The van der Waals surface area contributed by atoms with Crippen molar-refractivity contribution in [3.8, 4) is 5.75 Å². The maximum atomic E-state index is 12.4. The van der Waals surface area contributed by atoms with Crippen molar-refractivity contribution in [3.05, 3.63) is 30.3 Å². The molecule has 3 nitrogen and oxygen atoms in total.